The molecule has 28 heavy (non-hydrogen) atoms. The van der Waals surface area contributed by atoms with E-state index in [1.165, 1.54) is 25.0 Å². The van der Waals surface area contributed by atoms with Crippen LogP contribution in [0.15, 0.2) is 28.8 Å². The summed E-state index contributed by atoms with van der Waals surface area (Å²) in [5, 5.41) is 3.98. The van der Waals surface area contributed by atoms with Gasteiger partial charge in [-0.15, -0.1) is 0 Å². The van der Waals surface area contributed by atoms with Crippen LogP contribution >= 0.6 is 0 Å². The number of halogens is 1. The minimum absolute atomic E-state index is 0.199. The van der Waals surface area contributed by atoms with Crippen molar-refractivity contribution in [1.29, 1.82) is 0 Å². The quantitative estimate of drug-likeness (QED) is 0.720. The molecule has 8 heteroatoms. The molecule has 4 rings (SSSR count). The van der Waals surface area contributed by atoms with Gasteiger partial charge < -0.3 is 14.0 Å². The molecule has 0 aliphatic carbocycles. The molecular weight excluding hydrogens is 363 g/mol. The number of benzene rings is 1. The highest BCUT2D eigenvalue weighted by Crippen LogP contribution is 2.16. The molecule has 1 unspecified atom stereocenters. The van der Waals surface area contributed by atoms with E-state index in [2.05, 4.69) is 19.9 Å². The molecule has 3 heterocycles. The summed E-state index contributed by atoms with van der Waals surface area (Å²) in [6.45, 7) is 6.95. The van der Waals surface area contributed by atoms with E-state index in [1.54, 1.807) is 12.1 Å². The number of ether oxygens (including phenoxy) is 2. The van der Waals surface area contributed by atoms with E-state index >= 15 is 0 Å². The summed E-state index contributed by atoms with van der Waals surface area (Å²) < 4.78 is 29.6. The highest BCUT2D eigenvalue weighted by atomic mass is 19.1. The summed E-state index contributed by atoms with van der Waals surface area (Å²) >= 11 is 0. The lowest BCUT2D eigenvalue weighted by molar-refractivity contribution is 0.0741. The molecule has 1 atom stereocenters. The fraction of sp³-hybridized carbons (Fsp3) is 0.600. The third-order valence-electron chi connectivity index (χ3n) is 5.22. The number of hydrogen-bond acceptors (Lipinski definition) is 7. The maximum Gasteiger partial charge on any atom is 0.240 e. The molecule has 1 aromatic heterocycles. The van der Waals surface area contributed by atoms with Gasteiger partial charge in [-0.1, -0.05) is 5.16 Å². The monoisotopic (exact) mass is 390 g/mol. The van der Waals surface area contributed by atoms with E-state index in [4.69, 9.17) is 14.0 Å². The van der Waals surface area contributed by atoms with Gasteiger partial charge >= 0.3 is 0 Å². The first-order chi connectivity index (χ1) is 13.7. The first-order valence-electron chi connectivity index (χ1n) is 10.0. The van der Waals surface area contributed by atoms with Gasteiger partial charge in [0, 0.05) is 26.2 Å². The van der Waals surface area contributed by atoms with Crippen molar-refractivity contribution in [3.05, 3.63) is 41.8 Å². The lowest BCUT2D eigenvalue weighted by Crippen LogP contribution is -2.35. The Hall–Kier alpha value is -2.03. The average molecular weight is 390 g/mol. The lowest BCUT2D eigenvalue weighted by Gasteiger charge is -2.23. The van der Waals surface area contributed by atoms with Crippen LogP contribution in [0.3, 0.4) is 0 Å². The largest absolute Gasteiger partial charge is 0.485 e. The SMILES string of the molecule is Fc1ccc(OCc2noc(CN3CCCN(CC4CCCO4)CC3)n2)cc1. The van der Waals surface area contributed by atoms with Gasteiger partial charge in [-0.25, -0.2) is 4.39 Å². The van der Waals surface area contributed by atoms with E-state index in [9.17, 15) is 4.39 Å². The summed E-state index contributed by atoms with van der Waals surface area (Å²) in [4.78, 5) is 9.28. The van der Waals surface area contributed by atoms with Crippen LogP contribution in [0.1, 0.15) is 31.0 Å². The van der Waals surface area contributed by atoms with Crippen LogP contribution in [-0.4, -0.2) is 65.4 Å². The van der Waals surface area contributed by atoms with Crippen LogP contribution < -0.4 is 4.74 Å². The molecule has 2 aromatic rings. The average Bonchev–Trinajstić information content (AvgIpc) is 3.32. The Morgan fingerprint density at radius 2 is 1.89 bits per heavy atom. The van der Waals surface area contributed by atoms with Gasteiger partial charge in [0.05, 0.1) is 12.6 Å². The van der Waals surface area contributed by atoms with Crippen LogP contribution in [0.25, 0.3) is 0 Å². The van der Waals surface area contributed by atoms with Crippen LogP contribution in [0.2, 0.25) is 0 Å². The van der Waals surface area contributed by atoms with Crippen LogP contribution in [0.5, 0.6) is 5.75 Å². The summed E-state index contributed by atoms with van der Waals surface area (Å²) in [6, 6.07) is 5.88. The van der Waals surface area contributed by atoms with Crippen molar-refractivity contribution in [1.82, 2.24) is 19.9 Å². The Morgan fingerprint density at radius 3 is 2.71 bits per heavy atom. The van der Waals surface area contributed by atoms with E-state index in [1.807, 2.05) is 0 Å². The maximum atomic E-state index is 12.9. The second-order valence-corrected chi connectivity index (χ2v) is 7.41. The molecule has 0 N–H and O–H groups in total. The van der Waals surface area contributed by atoms with E-state index in [0.29, 0.717) is 30.1 Å². The fourth-order valence-electron chi connectivity index (χ4n) is 3.72. The molecule has 0 amide bonds. The fourth-order valence-corrected chi connectivity index (χ4v) is 3.72. The van der Waals surface area contributed by atoms with Crippen LogP contribution in [0.4, 0.5) is 4.39 Å². The summed E-state index contributed by atoms with van der Waals surface area (Å²) in [5.74, 6) is 1.38. The Morgan fingerprint density at radius 1 is 1.07 bits per heavy atom. The highest BCUT2D eigenvalue weighted by Gasteiger charge is 2.22. The van der Waals surface area contributed by atoms with Crippen molar-refractivity contribution in [2.45, 2.75) is 38.5 Å². The summed E-state index contributed by atoms with van der Waals surface area (Å²) in [5.41, 5.74) is 0. The molecule has 2 aliphatic rings. The van der Waals surface area contributed by atoms with Gasteiger partial charge in [-0.05, 0) is 56.6 Å². The molecule has 7 nitrogen and oxygen atoms in total. The molecular formula is C20H27FN4O3. The minimum Gasteiger partial charge on any atom is -0.485 e. The number of nitrogens with zero attached hydrogens (tertiary/aromatic N) is 4. The van der Waals surface area contributed by atoms with Gasteiger partial charge in [0.1, 0.15) is 11.6 Å². The molecule has 2 aliphatic heterocycles. The maximum absolute atomic E-state index is 12.9. The topological polar surface area (TPSA) is 63.9 Å². The van der Waals surface area contributed by atoms with Crippen molar-refractivity contribution in [2.24, 2.45) is 0 Å². The van der Waals surface area contributed by atoms with Crippen molar-refractivity contribution >= 4 is 0 Å². The molecule has 2 saturated heterocycles. The van der Waals surface area contributed by atoms with E-state index in [-0.39, 0.29) is 12.4 Å². The molecule has 2 fully saturated rings. The number of rotatable bonds is 7. The first-order valence-corrected chi connectivity index (χ1v) is 10.0. The second kappa shape index (κ2) is 9.45. The number of hydrogen-bond donors (Lipinski definition) is 0. The Bertz CT molecular complexity index is 733. The predicted octanol–water partition coefficient (Wildman–Crippen LogP) is 2.47. The van der Waals surface area contributed by atoms with Gasteiger partial charge in [-0.2, -0.15) is 4.98 Å². The molecule has 0 bridgehead atoms. The highest BCUT2D eigenvalue weighted by molar-refractivity contribution is 5.22. The Kier molecular flexibility index (Phi) is 6.51. The zero-order chi connectivity index (χ0) is 19.2. The van der Waals surface area contributed by atoms with Crippen molar-refractivity contribution in [3.8, 4) is 5.75 Å². The molecule has 0 radical (unpaired) electrons. The van der Waals surface area contributed by atoms with Crippen LogP contribution in [0, 0.1) is 5.82 Å². The zero-order valence-corrected chi connectivity index (χ0v) is 16.1. The molecule has 0 saturated carbocycles. The van der Waals surface area contributed by atoms with Gasteiger partial charge in [0.2, 0.25) is 11.7 Å². The smallest absolute Gasteiger partial charge is 0.240 e. The van der Waals surface area contributed by atoms with Crippen LogP contribution in [-0.2, 0) is 17.9 Å². The molecule has 1 aromatic carbocycles. The van der Waals surface area contributed by atoms with Crippen molar-refractivity contribution < 1.29 is 18.4 Å². The van der Waals surface area contributed by atoms with Gasteiger partial charge in [0.15, 0.2) is 6.61 Å². The normalized spacial score (nSPS) is 21.7. The van der Waals surface area contributed by atoms with Gasteiger partial charge in [-0.3, -0.25) is 9.80 Å². The Labute approximate surface area is 164 Å². The zero-order valence-electron chi connectivity index (χ0n) is 16.1. The Balaban J connectivity index is 1.22. The lowest BCUT2D eigenvalue weighted by atomic mass is 10.2. The second-order valence-electron chi connectivity index (χ2n) is 7.41. The summed E-state index contributed by atoms with van der Waals surface area (Å²) in [7, 11) is 0. The first kappa shape index (κ1) is 19.3. The third kappa shape index (κ3) is 5.50. The van der Waals surface area contributed by atoms with E-state index < -0.39 is 0 Å². The number of aromatic nitrogens is 2. The van der Waals surface area contributed by atoms with Crippen molar-refractivity contribution in [2.75, 3.05) is 39.3 Å². The van der Waals surface area contributed by atoms with E-state index in [0.717, 1.165) is 45.8 Å². The minimum atomic E-state index is -0.291. The molecule has 152 valence electrons. The summed E-state index contributed by atoms with van der Waals surface area (Å²) in [6.07, 6.45) is 3.91. The third-order valence-corrected chi connectivity index (χ3v) is 5.22. The van der Waals surface area contributed by atoms with Crippen molar-refractivity contribution in [3.63, 3.8) is 0 Å². The van der Waals surface area contributed by atoms with Gasteiger partial charge in [0.25, 0.3) is 0 Å². The predicted molar refractivity (Wildman–Crippen MR) is 100 cm³/mol. The molecule has 0 spiro atoms. The standard InChI is InChI=1S/C20H27FN4O3/c21-16-4-6-17(7-5-16)27-15-19-22-20(28-23-19)14-25-9-2-8-24(10-11-25)13-18-3-1-12-26-18/h4-7,18H,1-3,8-15H2.